The first kappa shape index (κ1) is 19.8. The molecule has 0 atom stereocenters. The van der Waals surface area contributed by atoms with Gasteiger partial charge in [-0.2, -0.15) is 0 Å². The Kier molecular flexibility index (Phi) is 11.8. The van der Waals surface area contributed by atoms with E-state index in [9.17, 15) is 0 Å². The van der Waals surface area contributed by atoms with Crippen LogP contribution in [0, 0.1) is 0 Å². The van der Waals surface area contributed by atoms with Gasteiger partial charge in [0.05, 0.1) is 0 Å². The molecule has 1 heteroatoms. The zero-order valence-electron chi connectivity index (χ0n) is 15.7. The average molecular weight is 338 g/mol. The molecular formula is C22H42P. The summed E-state index contributed by atoms with van der Waals surface area (Å²) < 4.78 is 0. The lowest BCUT2D eigenvalue weighted by Gasteiger charge is -2.24. The first-order valence-corrected chi connectivity index (χ1v) is 12.2. The van der Waals surface area contributed by atoms with Crippen molar-refractivity contribution in [2.45, 2.75) is 140 Å². The Balaban J connectivity index is 1.74. The van der Waals surface area contributed by atoms with Gasteiger partial charge in [-0.3, -0.25) is 0 Å². The molecule has 2 fully saturated rings. The summed E-state index contributed by atoms with van der Waals surface area (Å²) in [4.78, 5) is 0. The molecule has 0 spiro atoms. The highest BCUT2D eigenvalue weighted by Crippen LogP contribution is 2.39. The van der Waals surface area contributed by atoms with Gasteiger partial charge in [0, 0.05) is 0 Å². The van der Waals surface area contributed by atoms with Crippen LogP contribution in [0.2, 0.25) is 0 Å². The number of rotatable bonds is 2. The van der Waals surface area contributed by atoms with Crippen molar-refractivity contribution < 1.29 is 0 Å². The van der Waals surface area contributed by atoms with E-state index in [1.54, 1.807) is 0 Å². The van der Waals surface area contributed by atoms with E-state index in [1.807, 2.05) is 8.58 Å². The SMILES string of the molecule is C1CCCCCC([P]C2CCCCCCCCC2)CCCCC1. The summed E-state index contributed by atoms with van der Waals surface area (Å²) in [6.45, 7) is 0. The summed E-state index contributed by atoms with van der Waals surface area (Å²) in [5.74, 6) is 0. The molecule has 0 heterocycles. The molecule has 23 heavy (non-hydrogen) atoms. The zero-order valence-corrected chi connectivity index (χ0v) is 16.6. The Labute approximate surface area is 148 Å². The monoisotopic (exact) mass is 337 g/mol. The zero-order chi connectivity index (χ0) is 16.0. The van der Waals surface area contributed by atoms with Gasteiger partial charge in [0.15, 0.2) is 0 Å². The third-order valence-electron chi connectivity index (χ3n) is 6.07. The fourth-order valence-corrected chi connectivity index (χ4v) is 6.45. The van der Waals surface area contributed by atoms with Gasteiger partial charge in [0.25, 0.3) is 0 Å². The average Bonchev–Trinajstić information content (AvgIpc) is 2.56. The molecule has 0 aliphatic heterocycles. The summed E-state index contributed by atoms with van der Waals surface area (Å²) in [5.41, 5.74) is 2.09. The van der Waals surface area contributed by atoms with Gasteiger partial charge in [-0.1, -0.05) is 111 Å². The molecule has 0 aromatic carbocycles. The lowest BCUT2D eigenvalue weighted by molar-refractivity contribution is 0.496. The summed E-state index contributed by atoms with van der Waals surface area (Å²) in [5, 5.41) is 0. The Morgan fingerprint density at radius 1 is 0.304 bits per heavy atom. The fraction of sp³-hybridized carbons (Fsp3) is 1.00. The Morgan fingerprint density at radius 3 is 0.783 bits per heavy atom. The number of hydrogen-bond acceptors (Lipinski definition) is 0. The molecular weight excluding hydrogens is 295 g/mol. The van der Waals surface area contributed by atoms with Gasteiger partial charge in [-0.25, -0.2) is 0 Å². The van der Waals surface area contributed by atoms with Gasteiger partial charge >= 0.3 is 0 Å². The molecule has 0 N–H and O–H groups in total. The second-order valence-electron chi connectivity index (χ2n) is 8.27. The Hall–Kier alpha value is 0.430. The maximum Gasteiger partial charge on any atom is -0.0168 e. The molecule has 1 radical (unpaired) electrons. The predicted molar refractivity (Wildman–Crippen MR) is 107 cm³/mol. The van der Waals surface area contributed by atoms with E-state index < -0.39 is 0 Å². The van der Waals surface area contributed by atoms with Crippen LogP contribution in [0.3, 0.4) is 0 Å². The van der Waals surface area contributed by atoms with E-state index in [0.29, 0.717) is 0 Å². The van der Waals surface area contributed by atoms with Crippen molar-refractivity contribution in [1.82, 2.24) is 0 Å². The van der Waals surface area contributed by atoms with Crippen LogP contribution in [0.4, 0.5) is 0 Å². The highest BCUT2D eigenvalue weighted by molar-refractivity contribution is 7.39. The molecule has 135 valence electrons. The molecule has 2 aliphatic rings. The first-order valence-electron chi connectivity index (χ1n) is 11.1. The van der Waals surface area contributed by atoms with Crippen molar-refractivity contribution in [1.29, 1.82) is 0 Å². The summed E-state index contributed by atoms with van der Waals surface area (Å²) in [6.07, 6.45) is 30.3. The van der Waals surface area contributed by atoms with E-state index in [4.69, 9.17) is 0 Å². The van der Waals surface area contributed by atoms with E-state index in [1.165, 1.54) is 128 Å². The van der Waals surface area contributed by atoms with Crippen LogP contribution in [0.25, 0.3) is 0 Å². The molecule has 0 aromatic heterocycles. The molecule has 0 aromatic rings. The van der Waals surface area contributed by atoms with Crippen molar-refractivity contribution >= 4 is 8.58 Å². The lowest BCUT2D eigenvalue weighted by Crippen LogP contribution is -2.11. The van der Waals surface area contributed by atoms with Crippen LogP contribution < -0.4 is 0 Å². The van der Waals surface area contributed by atoms with Crippen LogP contribution >= 0.6 is 8.58 Å². The van der Waals surface area contributed by atoms with Crippen LogP contribution in [-0.4, -0.2) is 11.3 Å². The van der Waals surface area contributed by atoms with Crippen LogP contribution in [0.15, 0.2) is 0 Å². The van der Waals surface area contributed by atoms with Gasteiger partial charge in [0.2, 0.25) is 0 Å². The standard InChI is InChI=1S/C22H42P/c1-2-5-9-13-17-21(18-14-10-6-3-1)23-22-19-15-11-7-4-8-12-16-20-22/h21-22H,1-20H2. The van der Waals surface area contributed by atoms with Crippen molar-refractivity contribution in [2.24, 2.45) is 0 Å². The molecule has 2 rings (SSSR count). The summed E-state index contributed by atoms with van der Waals surface area (Å²) in [6, 6.07) is 0. The van der Waals surface area contributed by atoms with Gasteiger partial charge in [0.1, 0.15) is 0 Å². The smallest absolute Gasteiger partial charge is 0.0168 e. The maximum absolute atomic E-state index is 1.87. The quantitative estimate of drug-likeness (QED) is 0.443. The topological polar surface area (TPSA) is 0 Å². The van der Waals surface area contributed by atoms with Crippen molar-refractivity contribution in [3.63, 3.8) is 0 Å². The maximum atomic E-state index is 1.87. The van der Waals surface area contributed by atoms with E-state index >= 15 is 0 Å². The fourth-order valence-electron chi connectivity index (χ4n) is 4.53. The van der Waals surface area contributed by atoms with Crippen LogP contribution in [0.1, 0.15) is 128 Å². The van der Waals surface area contributed by atoms with Crippen LogP contribution in [-0.2, 0) is 0 Å². The minimum atomic E-state index is 1.04. The largest absolute Gasteiger partial charge is 0.0741 e. The molecule has 0 nitrogen and oxygen atoms in total. The van der Waals surface area contributed by atoms with E-state index in [-0.39, 0.29) is 0 Å². The van der Waals surface area contributed by atoms with Crippen molar-refractivity contribution in [3.8, 4) is 0 Å². The van der Waals surface area contributed by atoms with E-state index in [2.05, 4.69) is 0 Å². The molecule has 0 unspecified atom stereocenters. The highest BCUT2D eigenvalue weighted by Gasteiger charge is 2.17. The van der Waals surface area contributed by atoms with Crippen LogP contribution in [0.5, 0.6) is 0 Å². The third-order valence-corrected chi connectivity index (χ3v) is 7.95. The molecule has 2 saturated carbocycles. The molecule has 0 saturated heterocycles. The predicted octanol–water partition coefficient (Wildman–Crippen LogP) is 8.50. The normalized spacial score (nSPS) is 26.6. The second-order valence-corrected chi connectivity index (χ2v) is 10.0. The molecule has 0 amide bonds. The summed E-state index contributed by atoms with van der Waals surface area (Å²) >= 11 is 0. The number of hydrogen-bond donors (Lipinski definition) is 0. The molecule has 2 aliphatic carbocycles. The Morgan fingerprint density at radius 2 is 0.522 bits per heavy atom. The van der Waals surface area contributed by atoms with E-state index in [0.717, 1.165) is 11.3 Å². The van der Waals surface area contributed by atoms with Gasteiger partial charge < -0.3 is 0 Å². The minimum Gasteiger partial charge on any atom is -0.0741 e. The lowest BCUT2D eigenvalue weighted by atomic mass is 10.0. The van der Waals surface area contributed by atoms with Crippen molar-refractivity contribution in [3.05, 3.63) is 0 Å². The Bertz CT molecular complexity index is 241. The van der Waals surface area contributed by atoms with Crippen molar-refractivity contribution in [2.75, 3.05) is 0 Å². The highest BCUT2D eigenvalue weighted by atomic mass is 31.1. The minimum absolute atomic E-state index is 1.04. The van der Waals surface area contributed by atoms with Gasteiger partial charge in [-0.15, -0.1) is 0 Å². The first-order chi connectivity index (χ1) is 11.4. The van der Waals surface area contributed by atoms with Gasteiger partial charge in [-0.05, 0) is 37.0 Å². The third kappa shape index (κ3) is 10.1. The second kappa shape index (κ2) is 13.7. The molecule has 0 bridgehead atoms. The summed E-state index contributed by atoms with van der Waals surface area (Å²) in [7, 11) is 1.87.